The number of carbonyl (C=O) groups excluding carboxylic acids is 1. The average Bonchev–Trinajstić information content (AvgIpc) is 2.67. The molecule has 0 saturated heterocycles. The Morgan fingerprint density at radius 2 is 2.11 bits per heavy atom. The van der Waals surface area contributed by atoms with Gasteiger partial charge >= 0.3 is 0 Å². The summed E-state index contributed by atoms with van der Waals surface area (Å²) in [5.74, 6) is 0.00342. The van der Waals surface area contributed by atoms with Gasteiger partial charge in [-0.05, 0) is 54.3 Å². The third-order valence-electron chi connectivity index (χ3n) is 3.97. The minimum absolute atomic E-state index is 0.00342. The summed E-state index contributed by atoms with van der Waals surface area (Å²) in [5.41, 5.74) is 10.4. The van der Waals surface area contributed by atoms with Crippen LogP contribution >= 0.6 is 0 Å². The topological polar surface area (TPSA) is 91.0 Å². The smallest absolute Gasteiger partial charge is 0.224 e. The van der Waals surface area contributed by atoms with Gasteiger partial charge in [0.15, 0.2) is 0 Å². The molecule has 5 N–H and O–H groups in total. The molecule has 1 amide bonds. The summed E-state index contributed by atoms with van der Waals surface area (Å²) in [6.07, 6.45) is 8.48. The molecule has 0 heterocycles. The predicted molar refractivity (Wildman–Crippen MR) is 116 cm³/mol. The van der Waals surface area contributed by atoms with Crippen molar-refractivity contribution in [3.8, 4) is 0 Å². The van der Waals surface area contributed by atoms with Crippen LogP contribution in [0, 0.1) is 5.41 Å². The second-order valence-corrected chi connectivity index (χ2v) is 6.10. The van der Waals surface area contributed by atoms with Crippen molar-refractivity contribution in [2.75, 3.05) is 18.9 Å². The van der Waals surface area contributed by atoms with Crippen molar-refractivity contribution >= 4 is 23.4 Å². The van der Waals surface area contributed by atoms with Crippen LogP contribution in [0.15, 0.2) is 65.9 Å². The van der Waals surface area contributed by atoms with Gasteiger partial charge in [-0.3, -0.25) is 4.79 Å². The fourth-order valence-corrected chi connectivity index (χ4v) is 2.37. The highest BCUT2D eigenvalue weighted by atomic mass is 16.1. The highest BCUT2D eigenvalue weighted by Crippen LogP contribution is 2.14. The first kappa shape index (κ1) is 22.1. The first-order valence-electron chi connectivity index (χ1n) is 9.03. The Labute approximate surface area is 162 Å². The van der Waals surface area contributed by atoms with Crippen molar-refractivity contribution in [3.63, 3.8) is 0 Å². The van der Waals surface area contributed by atoms with Gasteiger partial charge in [-0.25, -0.2) is 0 Å². The Kier molecular flexibility index (Phi) is 9.54. The first-order valence-corrected chi connectivity index (χ1v) is 9.03. The molecule has 0 fully saturated rings. The number of benzene rings is 1. The minimum atomic E-state index is 0.00342. The summed E-state index contributed by atoms with van der Waals surface area (Å²) < 4.78 is 0. The monoisotopic (exact) mass is 366 g/mol. The fourth-order valence-electron chi connectivity index (χ4n) is 2.37. The van der Waals surface area contributed by atoms with Gasteiger partial charge in [0.25, 0.3) is 0 Å². The van der Waals surface area contributed by atoms with Gasteiger partial charge in [-0.15, -0.1) is 0 Å². The van der Waals surface area contributed by atoms with Crippen LogP contribution in [0.2, 0.25) is 0 Å². The average molecular weight is 367 g/mol. The van der Waals surface area contributed by atoms with E-state index in [-0.39, 0.29) is 12.5 Å². The van der Waals surface area contributed by atoms with E-state index in [1.165, 1.54) is 0 Å². The Morgan fingerprint density at radius 1 is 1.37 bits per heavy atom. The van der Waals surface area contributed by atoms with E-state index in [0.717, 1.165) is 28.9 Å². The van der Waals surface area contributed by atoms with Crippen molar-refractivity contribution in [2.45, 2.75) is 26.7 Å². The largest absolute Gasteiger partial charge is 0.388 e. The molecule has 1 rings (SSSR count). The van der Waals surface area contributed by atoms with Crippen LogP contribution < -0.4 is 16.4 Å². The van der Waals surface area contributed by atoms with Crippen molar-refractivity contribution < 1.29 is 4.79 Å². The molecule has 0 aliphatic rings. The normalized spacial score (nSPS) is 12.5. The minimum Gasteiger partial charge on any atom is -0.388 e. The van der Waals surface area contributed by atoms with E-state index in [4.69, 9.17) is 11.1 Å². The Balaban J connectivity index is 2.96. The molecule has 0 spiro atoms. The fraction of sp³-hybridized carbons (Fsp3) is 0.273. The summed E-state index contributed by atoms with van der Waals surface area (Å²) >= 11 is 0. The molecule has 0 aliphatic carbocycles. The number of allylic oxidation sites excluding steroid dienone is 4. The molecule has 0 unspecified atom stereocenters. The van der Waals surface area contributed by atoms with Gasteiger partial charge < -0.3 is 21.8 Å². The molecule has 0 atom stereocenters. The zero-order chi connectivity index (χ0) is 20.2. The number of carbonyl (C=O) groups is 1. The third kappa shape index (κ3) is 7.46. The number of anilines is 1. The van der Waals surface area contributed by atoms with Crippen molar-refractivity contribution in [2.24, 2.45) is 5.73 Å². The van der Waals surface area contributed by atoms with Crippen LogP contribution in [-0.2, 0) is 4.79 Å². The summed E-state index contributed by atoms with van der Waals surface area (Å²) in [6, 6.07) is 7.53. The molecule has 1 aromatic carbocycles. The number of nitrogens with two attached hydrogens (primary N) is 1. The maximum Gasteiger partial charge on any atom is 0.224 e. The van der Waals surface area contributed by atoms with E-state index in [9.17, 15) is 4.79 Å². The lowest BCUT2D eigenvalue weighted by atomic mass is 10.1. The van der Waals surface area contributed by atoms with Crippen LogP contribution in [0.1, 0.15) is 32.3 Å². The van der Waals surface area contributed by atoms with Crippen molar-refractivity contribution in [1.82, 2.24) is 5.32 Å². The summed E-state index contributed by atoms with van der Waals surface area (Å²) in [6.45, 7) is 7.94. The first-order chi connectivity index (χ1) is 12.9. The predicted octanol–water partition coefficient (Wildman–Crippen LogP) is 4.02. The molecule has 0 bridgehead atoms. The summed E-state index contributed by atoms with van der Waals surface area (Å²) in [7, 11) is 1.82. The number of hydrogen-bond acceptors (Lipinski definition) is 4. The van der Waals surface area contributed by atoms with E-state index in [1.807, 2.05) is 57.3 Å². The molecule has 0 radical (unpaired) electrons. The maximum atomic E-state index is 11.7. The third-order valence-corrected chi connectivity index (χ3v) is 3.97. The van der Waals surface area contributed by atoms with Crippen LogP contribution in [0.25, 0.3) is 6.08 Å². The quantitative estimate of drug-likeness (QED) is 0.372. The molecule has 144 valence electrons. The lowest BCUT2D eigenvalue weighted by Gasteiger charge is -2.09. The number of hydrogen-bond donors (Lipinski definition) is 4. The van der Waals surface area contributed by atoms with Crippen LogP contribution in [0.5, 0.6) is 0 Å². The maximum absolute atomic E-state index is 11.7. The number of likely N-dealkylation sites (N-methyl/N-ethyl adjacent to an activating group) is 1. The Bertz CT molecular complexity index is 772. The SMILES string of the molecule is C=C/C(C)=C(\C=C(/CN)C(=N)/C=C/c1cccc(NC(=O)CCC)c1)NC. The van der Waals surface area contributed by atoms with Gasteiger partial charge in [0, 0.05) is 31.4 Å². The zero-order valence-electron chi connectivity index (χ0n) is 16.4. The molecular formula is C22H30N4O. The van der Waals surface area contributed by atoms with E-state index in [2.05, 4.69) is 17.2 Å². The van der Waals surface area contributed by atoms with E-state index in [0.29, 0.717) is 17.7 Å². The van der Waals surface area contributed by atoms with E-state index < -0.39 is 0 Å². The molecule has 0 aromatic heterocycles. The molecule has 0 aliphatic heterocycles. The summed E-state index contributed by atoms with van der Waals surface area (Å²) in [5, 5.41) is 14.3. The molecule has 27 heavy (non-hydrogen) atoms. The molecule has 5 nitrogen and oxygen atoms in total. The van der Waals surface area contributed by atoms with Gasteiger partial charge in [0.2, 0.25) is 5.91 Å². The van der Waals surface area contributed by atoms with Crippen molar-refractivity contribution in [3.05, 3.63) is 71.5 Å². The summed E-state index contributed by atoms with van der Waals surface area (Å²) in [4.78, 5) is 11.7. The van der Waals surface area contributed by atoms with Gasteiger partial charge in [-0.2, -0.15) is 0 Å². The Hall–Kier alpha value is -2.92. The van der Waals surface area contributed by atoms with Crippen molar-refractivity contribution in [1.29, 1.82) is 5.41 Å². The Morgan fingerprint density at radius 3 is 2.70 bits per heavy atom. The second kappa shape index (κ2) is 11.6. The number of nitrogens with one attached hydrogen (secondary N) is 3. The lowest BCUT2D eigenvalue weighted by Crippen LogP contribution is -2.14. The second-order valence-electron chi connectivity index (χ2n) is 6.10. The number of rotatable bonds is 10. The van der Waals surface area contributed by atoms with Crippen LogP contribution in [-0.4, -0.2) is 25.2 Å². The van der Waals surface area contributed by atoms with Gasteiger partial charge in [-0.1, -0.05) is 37.8 Å². The van der Waals surface area contributed by atoms with E-state index in [1.54, 1.807) is 12.2 Å². The highest BCUT2D eigenvalue weighted by Gasteiger charge is 2.04. The molecule has 0 saturated carbocycles. The molecule has 5 heteroatoms. The van der Waals surface area contributed by atoms with Gasteiger partial charge in [0.05, 0.1) is 5.71 Å². The van der Waals surface area contributed by atoms with Crippen LogP contribution in [0.4, 0.5) is 5.69 Å². The molecular weight excluding hydrogens is 336 g/mol. The zero-order valence-corrected chi connectivity index (χ0v) is 16.4. The standard InChI is InChI=1S/C22H30N4O/c1-5-8-22(27)26-19-10-7-9-17(13-19)11-12-20(24)18(15-23)14-21(25-4)16(3)6-2/h6-7,9-14,24-25H,2,5,8,15,23H2,1,3-4H3,(H,26,27)/b12-11+,18-14+,21-16+,24-20?. The van der Waals surface area contributed by atoms with Crippen LogP contribution in [0.3, 0.4) is 0 Å². The molecule has 1 aromatic rings. The van der Waals surface area contributed by atoms with Gasteiger partial charge in [0.1, 0.15) is 0 Å². The highest BCUT2D eigenvalue weighted by molar-refractivity contribution is 6.09. The number of amides is 1. The van der Waals surface area contributed by atoms with E-state index >= 15 is 0 Å². The lowest BCUT2D eigenvalue weighted by molar-refractivity contribution is -0.116.